The molecule has 0 aromatic carbocycles. The van der Waals surface area contributed by atoms with Gasteiger partial charge in [-0.2, -0.15) is 0 Å². The highest BCUT2D eigenvalue weighted by atomic mass is 33.1. The molecule has 0 saturated carbocycles. The van der Waals surface area contributed by atoms with E-state index in [1.54, 1.807) is 0 Å². The van der Waals surface area contributed by atoms with Crippen molar-refractivity contribution in [3.05, 3.63) is 0 Å². The Morgan fingerprint density at radius 3 is 1.25 bits per heavy atom. The molecule has 28 heavy (non-hydrogen) atoms. The van der Waals surface area contributed by atoms with Crippen molar-refractivity contribution < 1.29 is 9.47 Å². The van der Waals surface area contributed by atoms with Gasteiger partial charge in [-0.15, -0.1) is 0 Å². The minimum atomic E-state index is 0.477. The second-order valence-corrected chi connectivity index (χ2v) is 10.5. The summed E-state index contributed by atoms with van der Waals surface area (Å²) in [6.45, 7) is 15.2. The van der Waals surface area contributed by atoms with Crippen molar-refractivity contribution in [1.82, 2.24) is 0 Å². The molecule has 4 heteroatoms. The van der Waals surface area contributed by atoms with Crippen LogP contribution in [0.1, 0.15) is 106 Å². The van der Waals surface area contributed by atoms with Crippen LogP contribution >= 0.6 is 21.6 Å². The second-order valence-electron chi connectivity index (χ2n) is 7.83. The fourth-order valence-corrected chi connectivity index (χ4v) is 6.36. The van der Waals surface area contributed by atoms with Crippen molar-refractivity contribution in [2.45, 2.75) is 118 Å². The third-order valence-corrected chi connectivity index (χ3v) is 8.27. The number of ether oxygens (including phenoxy) is 2. The Kier molecular flexibility index (Phi) is 21.3. The Labute approximate surface area is 185 Å². The molecule has 0 aromatic rings. The monoisotopic (exact) mass is 434 g/mol. The first-order valence-corrected chi connectivity index (χ1v) is 14.6. The molecule has 0 radical (unpaired) electrons. The SMILES string of the molecule is CCCC(OCC)C(CC)CCCSSCCCC(CC)C(CCC)OCC. The lowest BCUT2D eigenvalue weighted by Gasteiger charge is -2.26. The summed E-state index contributed by atoms with van der Waals surface area (Å²) in [6.07, 6.45) is 13.6. The molecule has 0 aliphatic rings. The van der Waals surface area contributed by atoms with E-state index < -0.39 is 0 Å². The topological polar surface area (TPSA) is 18.5 Å². The number of rotatable bonds is 21. The molecule has 0 heterocycles. The molecule has 4 atom stereocenters. The minimum Gasteiger partial charge on any atom is -0.378 e. The van der Waals surface area contributed by atoms with E-state index in [4.69, 9.17) is 9.47 Å². The molecule has 0 aliphatic carbocycles. The first kappa shape index (κ1) is 28.6. The zero-order chi connectivity index (χ0) is 21.0. The Hall–Kier alpha value is 0.620. The van der Waals surface area contributed by atoms with E-state index in [0.717, 1.165) is 25.0 Å². The van der Waals surface area contributed by atoms with Crippen molar-refractivity contribution in [2.75, 3.05) is 24.7 Å². The highest BCUT2D eigenvalue weighted by Gasteiger charge is 2.20. The van der Waals surface area contributed by atoms with Gasteiger partial charge in [0.15, 0.2) is 0 Å². The van der Waals surface area contributed by atoms with Gasteiger partial charge in [-0.1, -0.05) is 75.0 Å². The molecule has 4 unspecified atom stereocenters. The molecule has 0 aromatic heterocycles. The van der Waals surface area contributed by atoms with Crippen LogP contribution in [0.2, 0.25) is 0 Å². The maximum Gasteiger partial charge on any atom is 0.0602 e. The molecule has 0 bridgehead atoms. The van der Waals surface area contributed by atoms with Crippen LogP contribution in [0.25, 0.3) is 0 Å². The van der Waals surface area contributed by atoms with Crippen LogP contribution < -0.4 is 0 Å². The molecule has 0 saturated heterocycles. The smallest absolute Gasteiger partial charge is 0.0602 e. The molecule has 0 amide bonds. The van der Waals surface area contributed by atoms with Crippen LogP contribution in [0, 0.1) is 11.8 Å². The fourth-order valence-electron chi connectivity index (χ4n) is 4.14. The minimum absolute atomic E-state index is 0.477. The van der Waals surface area contributed by atoms with Crippen LogP contribution in [-0.4, -0.2) is 36.9 Å². The second kappa shape index (κ2) is 20.9. The molecule has 0 fully saturated rings. The van der Waals surface area contributed by atoms with E-state index in [-0.39, 0.29) is 0 Å². The first-order valence-electron chi connectivity index (χ1n) is 12.2. The highest BCUT2D eigenvalue weighted by Crippen LogP contribution is 2.29. The van der Waals surface area contributed by atoms with Gasteiger partial charge in [0.25, 0.3) is 0 Å². The molecule has 0 N–H and O–H groups in total. The standard InChI is InChI=1S/C24H50O2S2/c1-7-15-23(25-11-5)21(9-3)17-13-19-27-28-20-14-18-22(10-4)24(16-8-2)26-12-6/h21-24H,7-20H2,1-6H3. The van der Waals surface area contributed by atoms with Gasteiger partial charge in [0.05, 0.1) is 12.2 Å². The highest BCUT2D eigenvalue weighted by molar-refractivity contribution is 8.76. The van der Waals surface area contributed by atoms with Gasteiger partial charge in [-0.3, -0.25) is 0 Å². The Morgan fingerprint density at radius 1 is 0.571 bits per heavy atom. The Bertz CT molecular complexity index is 273. The Balaban J connectivity index is 3.91. The molecule has 0 aliphatic heterocycles. The van der Waals surface area contributed by atoms with Gasteiger partial charge >= 0.3 is 0 Å². The fraction of sp³-hybridized carbons (Fsp3) is 1.00. The van der Waals surface area contributed by atoms with Crippen LogP contribution in [0.15, 0.2) is 0 Å². The quantitative estimate of drug-likeness (QED) is 0.133. The lowest BCUT2D eigenvalue weighted by molar-refractivity contribution is 0.00917. The maximum atomic E-state index is 6.01. The van der Waals surface area contributed by atoms with E-state index in [2.05, 4.69) is 63.1 Å². The number of hydrogen-bond donors (Lipinski definition) is 0. The van der Waals surface area contributed by atoms with Gasteiger partial charge in [0.2, 0.25) is 0 Å². The van der Waals surface area contributed by atoms with Gasteiger partial charge in [0.1, 0.15) is 0 Å². The molecule has 170 valence electrons. The Morgan fingerprint density at radius 2 is 0.964 bits per heavy atom. The predicted octanol–water partition coefficient (Wildman–Crippen LogP) is 8.39. The van der Waals surface area contributed by atoms with Crippen molar-refractivity contribution >= 4 is 21.6 Å². The summed E-state index contributed by atoms with van der Waals surface area (Å²) in [6, 6.07) is 0. The lowest BCUT2D eigenvalue weighted by atomic mass is 9.91. The molecular weight excluding hydrogens is 384 g/mol. The third kappa shape index (κ3) is 13.8. The van der Waals surface area contributed by atoms with E-state index in [0.29, 0.717) is 12.2 Å². The summed E-state index contributed by atoms with van der Waals surface area (Å²) in [5.74, 6) is 4.04. The molecule has 2 nitrogen and oxygen atoms in total. The summed E-state index contributed by atoms with van der Waals surface area (Å²) in [5.41, 5.74) is 0. The number of hydrogen-bond acceptors (Lipinski definition) is 4. The lowest BCUT2D eigenvalue weighted by Crippen LogP contribution is -2.24. The van der Waals surface area contributed by atoms with Gasteiger partial charge in [0, 0.05) is 24.7 Å². The van der Waals surface area contributed by atoms with E-state index in [9.17, 15) is 0 Å². The van der Waals surface area contributed by atoms with Crippen LogP contribution in [0.3, 0.4) is 0 Å². The van der Waals surface area contributed by atoms with Crippen LogP contribution in [0.5, 0.6) is 0 Å². The van der Waals surface area contributed by atoms with Crippen molar-refractivity contribution in [2.24, 2.45) is 11.8 Å². The molecule has 0 spiro atoms. The van der Waals surface area contributed by atoms with Crippen molar-refractivity contribution in [3.8, 4) is 0 Å². The molecular formula is C24H50O2S2. The average Bonchev–Trinajstić information content (AvgIpc) is 2.70. The van der Waals surface area contributed by atoms with Gasteiger partial charge in [-0.05, 0) is 64.2 Å². The zero-order valence-electron chi connectivity index (χ0n) is 19.8. The zero-order valence-corrected chi connectivity index (χ0v) is 21.5. The van der Waals surface area contributed by atoms with E-state index in [1.165, 1.54) is 75.7 Å². The molecule has 0 rings (SSSR count). The first-order chi connectivity index (χ1) is 13.7. The predicted molar refractivity (Wildman–Crippen MR) is 132 cm³/mol. The normalized spacial score (nSPS) is 16.1. The van der Waals surface area contributed by atoms with E-state index in [1.807, 2.05) is 0 Å². The summed E-state index contributed by atoms with van der Waals surface area (Å²) < 4.78 is 12.0. The average molecular weight is 435 g/mol. The van der Waals surface area contributed by atoms with Crippen molar-refractivity contribution in [3.63, 3.8) is 0 Å². The summed E-state index contributed by atoms with van der Waals surface area (Å²) >= 11 is 0. The largest absolute Gasteiger partial charge is 0.378 e. The van der Waals surface area contributed by atoms with Crippen LogP contribution in [0.4, 0.5) is 0 Å². The van der Waals surface area contributed by atoms with E-state index >= 15 is 0 Å². The van der Waals surface area contributed by atoms with Gasteiger partial charge in [-0.25, -0.2) is 0 Å². The van der Waals surface area contributed by atoms with Crippen molar-refractivity contribution in [1.29, 1.82) is 0 Å². The summed E-state index contributed by atoms with van der Waals surface area (Å²) in [7, 11) is 4.15. The maximum absolute atomic E-state index is 6.01. The summed E-state index contributed by atoms with van der Waals surface area (Å²) in [4.78, 5) is 0. The third-order valence-electron chi connectivity index (χ3n) is 5.70. The van der Waals surface area contributed by atoms with Crippen LogP contribution in [-0.2, 0) is 9.47 Å². The van der Waals surface area contributed by atoms with Gasteiger partial charge < -0.3 is 9.47 Å². The summed E-state index contributed by atoms with van der Waals surface area (Å²) in [5, 5.41) is 0.